The minimum atomic E-state index is -0.326. The van der Waals surface area contributed by atoms with Gasteiger partial charge in [0, 0.05) is 11.9 Å². The molecular weight excluding hydrogens is 302 g/mol. The summed E-state index contributed by atoms with van der Waals surface area (Å²) in [6.07, 6.45) is 0. The maximum atomic E-state index is 11.2. The van der Waals surface area contributed by atoms with Gasteiger partial charge in [-0.2, -0.15) is 0 Å². The number of carbonyl (C=O) groups is 2. The molecular formula is C12H24BrNO4. The Balaban J connectivity index is 0. The lowest BCUT2D eigenvalue weighted by molar-refractivity contribution is -0.147. The normalized spacial score (nSPS) is 9.44. The van der Waals surface area contributed by atoms with Gasteiger partial charge in [-0.15, -0.1) is 0 Å². The summed E-state index contributed by atoms with van der Waals surface area (Å²) in [5, 5.41) is 0.686. The van der Waals surface area contributed by atoms with Crippen LogP contribution in [0.1, 0.15) is 27.7 Å². The molecule has 108 valence electrons. The first-order chi connectivity index (χ1) is 8.63. The highest BCUT2D eigenvalue weighted by Crippen LogP contribution is 1.95. The van der Waals surface area contributed by atoms with Gasteiger partial charge < -0.3 is 9.47 Å². The summed E-state index contributed by atoms with van der Waals surface area (Å²) in [5.41, 5.74) is 0. The maximum Gasteiger partial charge on any atom is 0.320 e. The Morgan fingerprint density at radius 3 is 1.67 bits per heavy atom. The van der Waals surface area contributed by atoms with Gasteiger partial charge in [-0.3, -0.25) is 14.5 Å². The van der Waals surface area contributed by atoms with E-state index in [1.807, 2.05) is 13.8 Å². The third kappa shape index (κ3) is 11.9. The van der Waals surface area contributed by atoms with Gasteiger partial charge in [-0.25, -0.2) is 0 Å². The van der Waals surface area contributed by atoms with Gasteiger partial charge in [0.1, 0.15) is 0 Å². The van der Waals surface area contributed by atoms with E-state index >= 15 is 0 Å². The van der Waals surface area contributed by atoms with E-state index < -0.39 is 0 Å². The van der Waals surface area contributed by atoms with Crippen molar-refractivity contribution in [1.29, 1.82) is 0 Å². The predicted molar refractivity (Wildman–Crippen MR) is 74.8 cm³/mol. The lowest BCUT2D eigenvalue weighted by Gasteiger charge is -2.18. The minimum absolute atomic E-state index is 0.109. The number of esters is 2. The Kier molecular flexibility index (Phi) is 15.8. The largest absolute Gasteiger partial charge is 0.465 e. The summed E-state index contributed by atoms with van der Waals surface area (Å²) in [6, 6.07) is 0. The minimum Gasteiger partial charge on any atom is -0.465 e. The van der Waals surface area contributed by atoms with E-state index in [9.17, 15) is 9.59 Å². The molecule has 0 aromatic rings. The molecule has 0 rings (SSSR count). The topological polar surface area (TPSA) is 55.8 Å². The smallest absolute Gasteiger partial charge is 0.320 e. The molecule has 0 unspecified atom stereocenters. The van der Waals surface area contributed by atoms with Crippen LogP contribution in [0.5, 0.6) is 0 Å². The summed E-state index contributed by atoms with van der Waals surface area (Å²) < 4.78 is 9.62. The highest BCUT2D eigenvalue weighted by Gasteiger charge is 2.15. The highest BCUT2D eigenvalue weighted by atomic mass is 79.9. The molecule has 0 aromatic heterocycles. The molecule has 0 fully saturated rings. The van der Waals surface area contributed by atoms with Crippen molar-refractivity contribution in [3.8, 4) is 0 Å². The molecule has 0 saturated carbocycles. The first kappa shape index (κ1) is 19.7. The molecule has 0 aliphatic carbocycles. The standard InChI is InChI=1S/C10H18BrNO4.C2H6/c1-3-15-9(13)7-12(6-5-11)8-10(14)16-4-2;1-2/h3-8H2,1-2H3;1-2H3. The fraction of sp³-hybridized carbons (Fsp3) is 0.833. The predicted octanol–water partition coefficient (Wildman–Crippen LogP) is 1.84. The number of carbonyl (C=O) groups excluding carboxylic acids is 2. The van der Waals surface area contributed by atoms with Crippen molar-refractivity contribution >= 4 is 27.9 Å². The van der Waals surface area contributed by atoms with Crippen LogP contribution < -0.4 is 0 Å². The van der Waals surface area contributed by atoms with Crippen LogP contribution in [-0.2, 0) is 19.1 Å². The van der Waals surface area contributed by atoms with E-state index in [1.54, 1.807) is 18.7 Å². The quantitative estimate of drug-likeness (QED) is 0.503. The molecule has 0 atom stereocenters. The summed E-state index contributed by atoms with van der Waals surface area (Å²) in [4.78, 5) is 24.2. The number of alkyl halides is 1. The van der Waals surface area contributed by atoms with Crippen LogP contribution in [0.2, 0.25) is 0 Å². The molecule has 0 aliphatic heterocycles. The summed E-state index contributed by atoms with van der Waals surface area (Å²) in [6.45, 7) is 9.01. The Bertz CT molecular complexity index is 204. The van der Waals surface area contributed by atoms with Crippen molar-refractivity contribution in [1.82, 2.24) is 4.90 Å². The molecule has 0 aliphatic rings. The monoisotopic (exact) mass is 325 g/mol. The molecule has 0 saturated heterocycles. The number of hydrogen-bond acceptors (Lipinski definition) is 5. The molecule has 0 aromatic carbocycles. The van der Waals surface area contributed by atoms with Crippen molar-refractivity contribution in [3.05, 3.63) is 0 Å². The lowest BCUT2D eigenvalue weighted by atomic mass is 10.4. The molecule has 5 nitrogen and oxygen atoms in total. The SMILES string of the molecule is CC.CCOC(=O)CN(CCBr)CC(=O)OCC. The summed E-state index contributed by atoms with van der Waals surface area (Å²) in [7, 11) is 0. The van der Waals surface area contributed by atoms with E-state index in [2.05, 4.69) is 15.9 Å². The number of rotatable bonds is 8. The molecule has 0 bridgehead atoms. The zero-order chi connectivity index (χ0) is 14.4. The van der Waals surface area contributed by atoms with Crippen molar-refractivity contribution in [3.63, 3.8) is 0 Å². The lowest BCUT2D eigenvalue weighted by Crippen LogP contribution is -2.37. The fourth-order valence-electron chi connectivity index (χ4n) is 1.11. The van der Waals surface area contributed by atoms with E-state index in [-0.39, 0.29) is 25.0 Å². The average Bonchev–Trinajstić information content (AvgIpc) is 2.32. The van der Waals surface area contributed by atoms with E-state index in [0.717, 1.165) is 0 Å². The summed E-state index contributed by atoms with van der Waals surface area (Å²) in [5.74, 6) is -0.652. The average molecular weight is 326 g/mol. The van der Waals surface area contributed by atoms with Crippen molar-refractivity contribution in [2.24, 2.45) is 0 Å². The second kappa shape index (κ2) is 14.4. The van der Waals surface area contributed by atoms with Gasteiger partial charge in [-0.1, -0.05) is 29.8 Å². The van der Waals surface area contributed by atoms with Crippen LogP contribution in [0.3, 0.4) is 0 Å². The van der Waals surface area contributed by atoms with Gasteiger partial charge in [-0.05, 0) is 13.8 Å². The maximum absolute atomic E-state index is 11.2. The zero-order valence-corrected chi connectivity index (χ0v) is 13.3. The first-order valence-corrected chi connectivity index (χ1v) is 7.35. The van der Waals surface area contributed by atoms with E-state index in [1.165, 1.54) is 0 Å². The van der Waals surface area contributed by atoms with Crippen LogP contribution in [-0.4, -0.2) is 55.0 Å². The molecule has 18 heavy (non-hydrogen) atoms. The van der Waals surface area contributed by atoms with Crippen LogP contribution in [0.15, 0.2) is 0 Å². The van der Waals surface area contributed by atoms with Crippen LogP contribution in [0.4, 0.5) is 0 Å². The highest BCUT2D eigenvalue weighted by molar-refractivity contribution is 9.09. The Labute approximate surface area is 118 Å². The van der Waals surface area contributed by atoms with Crippen LogP contribution in [0.25, 0.3) is 0 Å². The number of nitrogens with zero attached hydrogens (tertiary/aromatic N) is 1. The molecule has 0 amide bonds. The zero-order valence-electron chi connectivity index (χ0n) is 11.7. The van der Waals surface area contributed by atoms with Gasteiger partial charge in [0.2, 0.25) is 0 Å². The third-order valence-corrected chi connectivity index (χ3v) is 2.07. The summed E-state index contributed by atoms with van der Waals surface area (Å²) >= 11 is 3.26. The van der Waals surface area contributed by atoms with E-state index in [0.29, 0.717) is 25.1 Å². The second-order valence-electron chi connectivity index (χ2n) is 3.01. The van der Waals surface area contributed by atoms with Gasteiger partial charge in [0.05, 0.1) is 26.3 Å². The first-order valence-electron chi connectivity index (χ1n) is 6.23. The molecule has 0 heterocycles. The van der Waals surface area contributed by atoms with Crippen molar-refractivity contribution < 1.29 is 19.1 Å². The molecule has 0 N–H and O–H groups in total. The molecule has 6 heteroatoms. The van der Waals surface area contributed by atoms with Gasteiger partial charge in [0.15, 0.2) is 0 Å². The van der Waals surface area contributed by atoms with Crippen molar-refractivity contribution in [2.45, 2.75) is 27.7 Å². The third-order valence-electron chi connectivity index (χ3n) is 1.72. The van der Waals surface area contributed by atoms with Crippen LogP contribution >= 0.6 is 15.9 Å². The fourth-order valence-corrected chi connectivity index (χ4v) is 1.61. The number of hydrogen-bond donors (Lipinski definition) is 0. The number of halogens is 1. The van der Waals surface area contributed by atoms with E-state index in [4.69, 9.17) is 9.47 Å². The Hall–Kier alpha value is -0.620. The second-order valence-corrected chi connectivity index (χ2v) is 3.80. The van der Waals surface area contributed by atoms with Gasteiger partial charge in [0.25, 0.3) is 0 Å². The van der Waals surface area contributed by atoms with Crippen LogP contribution in [0, 0.1) is 0 Å². The van der Waals surface area contributed by atoms with Gasteiger partial charge >= 0.3 is 11.9 Å². The molecule has 0 radical (unpaired) electrons. The number of ether oxygens (including phenoxy) is 2. The molecule has 0 spiro atoms. The Morgan fingerprint density at radius 1 is 1.00 bits per heavy atom. The van der Waals surface area contributed by atoms with Crippen molar-refractivity contribution in [2.75, 3.05) is 38.2 Å². The Morgan fingerprint density at radius 2 is 1.39 bits per heavy atom.